The maximum atomic E-state index is 10.9. The van der Waals surface area contributed by atoms with Crippen molar-refractivity contribution < 1.29 is 14.6 Å². The van der Waals surface area contributed by atoms with Crippen LogP contribution >= 0.6 is 15.9 Å². The molecule has 0 saturated heterocycles. The first-order valence-corrected chi connectivity index (χ1v) is 6.59. The van der Waals surface area contributed by atoms with E-state index in [1.54, 1.807) is 13.2 Å². The Balaban J connectivity index is 3.01. The minimum atomic E-state index is -0.929. The van der Waals surface area contributed by atoms with Crippen LogP contribution in [0.15, 0.2) is 22.7 Å². The van der Waals surface area contributed by atoms with Crippen molar-refractivity contribution >= 4 is 27.6 Å². The minimum absolute atomic E-state index is 0.238. The molecule has 0 aliphatic rings. The Morgan fingerprint density at radius 2 is 2.22 bits per heavy atom. The van der Waals surface area contributed by atoms with Gasteiger partial charge in [0.1, 0.15) is 0 Å². The first-order valence-electron chi connectivity index (χ1n) is 5.79. The fraction of sp³-hybridized carbons (Fsp3) is 0.462. The Bertz CT molecular complexity index is 423. The topological polar surface area (TPSA) is 49.8 Å². The number of anilines is 1. The van der Waals surface area contributed by atoms with E-state index in [1.165, 1.54) is 0 Å². The number of carboxylic acid groups (broad SMARTS) is 1. The summed E-state index contributed by atoms with van der Waals surface area (Å²) in [5.41, 5.74) is 1.26. The van der Waals surface area contributed by atoms with Crippen LogP contribution in [-0.2, 0) is 4.74 Å². The molecule has 0 amide bonds. The summed E-state index contributed by atoms with van der Waals surface area (Å²) in [7, 11) is 1.67. The van der Waals surface area contributed by atoms with Gasteiger partial charge >= 0.3 is 5.97 Å². The van der Waals surface area contributed by atoms with Crippen molar-refractivity contribution in [2.75, 3.05) is 25.2 Å². The monoisotopic (exact) mass is 315 g/mol. The van der Waals surface area contributed by atoms with E-state index < -0.39 is 5.97 Å². The lowest BCUT2D eigenvalue weighted by Crippen LogP contribution is -2.36. The molecule has 0 radical (unpaired) electrons. The molecule has 1 aromatic carbocycles. The first kappa shape index (κ1) is 15.0. The number of nitrogens with zero attached hydrogens (tertiary/aromatic N) is 1. The first-order chi connectivity index (χ1) is 8.51. The molecule has 100 valence electrons. The van der Waals surface area contributed by atoms with Crippen molar-refractivity contribution in [1.29, 1.82) is 0 Å². The summed E-state index contributed by atoms with van der Waals surface area (Å²) >= 11 is 3.29. The molecule has 1 atom stereocenters. The highest BCUT2D eigenvalue weighted by Crippen LogP contribution is 2.25. The molecular weight excluding hydrogens is 298 g/mol. The second-order valence-corrected chi connectivity index (χ2v) is 4.91. The molecule has 0 heterocycles. The maximum absolute atomic E-state index is 10.9. The van der Waals surface area contributed by atoms with Gasteiger partial charge in [0.25, 0.3) is 0 Å². The third-order valence-electron chi connectivity index (χ3n) is 2.80. The highest BCUT2D eigenvalue weighted by atomic mass is 79.9. The molecule has 0 fully saturated rings. The smallest absolute Gasteiger partial charge is 0.336 e. The number of ether oxygens (including phenoxy) is 1. The van der Waals surface area contributed by atoms with E-state index in [1.807, 2.05) is 12.1 Å². The van der Waals surface area contributed by atoms with Crippen LogP contribution in [0.5, 0.6) is 0 Å². The summed E-state index contributed by atoms with van der Waals surface area (Å²) < 4.78 is 5.75. The number of hydrogen-bond donors (Lipinski definition) is 1. The molecule has 1 unspecified atom stereocenters. The summed E-state index contributed by atoms with van der Waals surface area (Å²) in [5.74, 6) is -0.929. The van der Waals surface area contributed by atoms with Crippen LogP contribution in [0, 0.1) is 0 Å². The number of carboxylic acids is 1. The fourth-order valence-electron chi connectivity index (χ4n) is 1.94. The molecule has 4 nitrogen and oxygen atoms in total. The minimum Gasteiger partial charge on any atom is -0.478 e. The highest BCUT2D eigenvalue weighted by Gasteiger charge is 2.15. The van der Waals surface area contributed by atoms with Gasteiger partial charge in [0.05, 0.1) is 12.2 Å². The third-order valence-corrected chi connectivity index (χ3v) is 3.45. The van der Waals surface area contributed by atoms with Crippen LogP contribution in [0.1, 0.15) is 24.2 Å². The number of carbonyl (C=O) groups is 1. The van der Waals surface area contributed by atoms with E-state index in [0.717, 1.165) is 12.2 Å². The van der Waals surface area contributed by atoms with Crippen LogP contribution in [-0.4, -0.2) is 37.4 Å². The van der Waals surface area contributed by atoms with E-state index in [9.17, 15) is 4.79 Å². The number of hydrogen-bond acceptors (Lipinski definition) is 3. The summed E-state index contributed by atoms with van der Waals surface area (Å²) in [6.45, 7) is 5.60. The number of aromatic carboxylic acids is 1. The van der Waals surface area contributed by atoms with Gasteiger partial charge in [-0.3, -0.25) is 0 Å². The predicted molar refractivity (Wildman–Crippen MR) is 75.5 cm³/mol. The van der Waals surface area contributed by atoms with Crippen LogP contribution < -0.4 is 4.90 Å². The lowest BCUT2D eigenvalue weighted by Gasteiger charge is -2.30. The van der Waals surface area contributed by atoms with E-state index in [-0.39, 0.29) is 11.6 Å². The van der Waals surface area contributed by atoms with Gasteiger partial charge in [-0.1, -0.05) is 0 Å². The third kappa shape index (κ3) is 3.46. The van der Waals surface area contributed by atoms with Gasteiger partial charge in [0.15, 0.2) is 0 Å². The van der Waals surface area contributed by atoms with Gasteiger partial charge in [0.2, 0.25) is 0 Å². The number of rotatable bonds is 6. The van der Waals surface area contributed by atoms with Gasteiger partial charge in [-0.25, -0.2) is 4.79 Å². The standard InChI is InChI=1S/C13H18BrNO3/c1-4-15(9(2)8-18-3)10-5-6-11(13(16)17)12(14)7-10/h5-7,9H,4,8H2,1-3H3,(H,16,17). The van der Waals surface area contributed by atoms with Crippen LogP contribution in [0.3, 0.4) is 0 Å². The summed E-state index contributed by atoms with van der Waals surface area (Å²) in [6.07, 6.45) is 0. The molecule has 0 bridgehead atoms. The SMILES string of the molecule is CCN(c1ccc(C(=O)O)c(Br)c1)C(C)COC. The molecule has 0 saturated carbocycles. The average Bonchev–Trinajstić information content (AvgIpc) is 2.29. The number of likely N-dealkylation sites (N-methyl/N-ethyl adjacent to an activating group) is 1. The van der Waals surface area contributed by atoms with Gasteiger partial charge in [-0.05, 0) is 48.0 Å². The Kier molecular flexibility index (Phi) is 5.62. The van der Waals surface area contributed by atoms with Crippen LogP contribution in [0.2, 0.25) is 0 Å². The second-order valence-electron chi connectivity index (χ2n) is 4.06. The predicted octanol–water partition coefficient (Wildman–Crippen LogP) is 3.01. The maximum Gasteiger partial charge on any atom is 0.336 e. The van der Waals surface area contributed by atoms with E-state index >= 15 is 0 Å². The van der Waals surface area contributed by atoms with Gasteiger partial charge < -0.3 is 14.7 Å². The van der Waals surface area contributed by atoms with E-state index in [4.69, 9.17) is 9.84 Å². The van der Waals surface area contributed by atoms with Crippen molar-refractivity contribution in [1.82, 2.24) is 0 Å². The van der Waals surface area contributed by atoms with Crippen molar-refractivity contribution in [2.45, 2.75) is 19.9 Å². The van der Waals surface area contributed by atoms with Crippen molar-refractivity contribution in [3.63, 3.8) is 0 Å². The number of methoxy groups -OCH3 is 1. The molecule has 0 aliphatic heterocycles. The normalized spacial score (nSPS) is 12.2. The molecule has 1 aromatic rings. The molecular formula is C13H18BrNO3. The van der Waals surface area contributed by atoms with Crippen LogP contribution in [0.25, 0.3) is 0 Å². The Labute approximate surface area is 116 Å². The second kappa shape index (κ2) is 6.75. The van der Waals surface area contributed by atoms with Crippen molar-refractivity contribution in [2.24, 2.45) is 0 Å². The Morgan fingerprint density at radius 3 is 2.67 bits per heavy atom. The number of halogens is 1. The van der Waals surface area contributed by atoms with Crippen LogP contribution in [0.4, 0.5) is 5.69 Å². The number of benzene rings is 1. The summed E-state index contributed by atoms with van der Waals surface area (Å²) in [5, 5.41) is 8.98. The fourth-order valence-corrected chi connectivity index (χ4v) is 2.47. The van der Waals surface area contributed by atoms with E-state index in [2.05, 4.69) is 34.7 Å². The zero-order valence-corrected chi connectivity index (χ0v) is 12.4. The van der Waals surface area contributed by atoms with Gasteiger partial charge in [-0.2, -0.15) is 0 Å². The molecule has 5 heteroatoms. The lowest BCUT2D eigenvalue weighted by atomic mass is 10.1. The molecule has 0 aromatic heterocycles. The quantitative estimate of drug-likeness (QED) is 0.876. The van der Waals surface area contributed by atoms with E-state index in [0.29, 0.717) is 11.1 Å². The molecule has 1 N–H and O–H groups in total. The lowest BCUT2D eigenvalue weighted by molar-refractivity contribution is 0.0696. The van der Waals surface area contributed by atoms with Gasteiger partial charge in [-0.15, -0.1) is 0 Å². The van der Waals surface area contributed by atoms with Crippen molar-refractivity contribution in [3.8, 4) is 0 Å². The average molecular weight is 316 g/mol. The summed E-state index contributed by atoms with van der Waals surface area (Å²) in [4.78, 5) is 13.1. The Hall–Kier alpha value is -1.07. The molecule has 1 rings (SSSR count). The summed E-state index contributed by atoms with van der Waals surface area (Å²) in [6, 6.07) is 5.51. The van der Waals surface area contributed by atoms with Crippen molar-refractivity contribution in [3.05, 3.63) is 28.2 Å². The zero-order chi connectivity index (χ0) is 13.7. The highest BCUT2D eigenvalue weighted by molar-refractivity contribution is 9.10. The Morgan fingerprint density at radius 1 is 1.56 bits per heavy atom. The molecule has 18 heavy (non-hydrogen) atoms. The molecule has 0 spiro atoms. The largest absolute Gasteiger partial charge is 0.478 e. The molecule has 0 aliphatic carbocycles. The zero-order valence-electron chi connectivity index (χ0n) is 10.8. The van der Waals surface area contributed by atoms with Gasteiger partial charge in [0, 0.05) is 29.9 Å².